The maximum Gasteiger partial charge on any atom is 0.0937 e. The Morgan fingerprint density at radius 1 is 1.33 bits per heavy atom. The van der Waals surface area contributed by atoms with E-state index in [9.17, 15) is 0 Å². The molecule has 2 unspecified atom stereocenters. The highest BCUT2D eigenvalue weighted by atomic mass is 32.1. The van der Waals surface area contributed by atoms with E-state index in [-0.39, 0.29) is 0 Å². The summed E-state index contributed by atoms with van der Waals surface area (Å²) in [5.41, 5.74) is 1.39. The fraction of sp³-hybridized carbons (Fsp3) is 0.471. The van der Waals surface area contributed by atoms with Crippen LogP contribution in [-0.4, -0.2) is 35.6 Å². The van der Waals surface area contributed by atoms with Gasteiger partial charge >= 0.3 is 0 Å². The molecular weight excluding hydrogens is 278 g/mol. The van der Waals surface area contributed by atoms with Gasteiger partial charge in [0.2, 0.25) is 0 Å². The summed E-state index contributed by atoms with van der Waals surface area (Å²) >= 11 is 1.76. The third-order valence-corrected chi connectivity index (χ3v) is 5.14. The Balaban J connectivity index is 1.64. The molecule has 0 saturated carbocycles. The summed E-state index contributed by atoms with van der Waals surface area (Å²) in [6.07, 6.45) is 4.17. The molecule has 1 aliphatic heterocycles. The summed E-state index contributed by atoms with van der Waals surface area (Å²) in [4.78, 5) is 7.04. The predicted molar refractivity (Wildman–Crippen MR) is 88.7 cm³/mol. The van der Waals surface area contributed by atoms with Gasteiger partial charge in [-0.15, -0.1) is 11.3 Å². The monoisotopic (exact) mass is 301 g/mol. The minimum atomic E-state index is 0.449. The van der Waals surface area contributed by atoms with Gasteiger partial charge in [0.1, 0.15) is 0 Å². The van der Waals surface area contributed by atoms with E-state index < -0.39 is 0 Å². The van der Waals surface area contributed by atoms with Crippen molar-refractivity contribution >= 4 is 11.3 Å². The van der Waals surface area contributed by atoms with Crippen molar-refractivity contribution in [3.63, 3.8) is 0 Å². The normalized spacial score (nSPS) is 23.3. The molecule has 0 amide bonds. The van der Waals surface area contributed by atoms with Crippen LogP contribution in [-0.2, 0) is 6.42 Å². The number of benzene rings is 1. The Bertz CT molecular complexity index is 526. The van der Waals surface area contributed by atoms with Gasteiger partial charge in [-0.2, -0.15) is 0 Å². The summed E-state index contributed by atoms with van der Waals surface area (Å²) in [5, 5.41) is 7.02. The highest BCUT2D eigenvalue weighted by Crippen LogP contribution is 2.21. The SMILES string of the molecule is CCC1CNC(c2ccccc2)CN1CCc1nccs1. The molecule has 0 bridgehead atoms. The molecule has 1 saturated heterocycles. The zero-order chi connectivity index (χ0) is 14.5. The lowest BCUT2D eigenvalue weighted by Crippen LogP contribution is -2.52. The molecule has 3 nitrogen and oxygen atoms in total. The van der Waals surface area contributed by atoms with Crippen LogP contribution in [0.3, 0.4) is 0 Å². The van der Waals surface area contributed by atoms with Crippen molar-refractivity contribution in [1.29, 1.82) is 0 Å². The van der Waals surface area contributed by atoms with Crippen LogP contribution in [0.15, 0.2) is 41.9 Å². The molecular formula is C17H23N3S. The minimum Gasteiger partial charge on any atom is -0.307 e. The third kappa shape index (κ3) is 3.70. The standard InChI is InChI=1S/C17H23N3S/c1-2-15-12-19-16(14-6-4-3-5-7-14)13-20(15)10-8-17-18-9-11-21-17/h3-7,9,11,15-16,19H,2,8,10,12-13H2,1H3. The van der Waals surface area contributed by atoms with E-state index in [4.69, 9.17) is 0 Å². The Morgan fingerprint density at radius 3 is 2.90 bits per heavy atom. The number of hydrogen-bond acceptors (Lipinski definition) is 4. The topological polar surface area (TPSA) is 28.2 Å². The van der Waals surface area contributed by atoms with Crippen molar-refractivity contribution in [3.8, 4) is 0 Å². The minimum absolute atomic E-state index is 0.449. The van der Waals surface area contributed by atoms with Crippen molar-refractivity contribution in [3.05, 3.63) is 52.5 Å². The van der Waals surface area contributed by atoms with Crippen LogP contribution in [0.5, 0.6) is 0 Å². The van der Waals surface area contributed by atoms with Gasteiger partial charge in [-0.3, -0.25) is 4.90 Å². The summed E-state index contributed by atoms with van der Waals surface area (Å²) in [6, 6.07) is 11.9. The second-order valence-electron chi connectivity index (χ2n) is 5.60. The van der Waals surface area contributed by atoms with Crippen LogP contribution < -0.4 is 5.32 Å². The molecule has 21 heavy (non-hydrogen) atoms. The lowest BCUT2D eigenvalue weighted by molar-refractivity contribution is 0.128. The van der Waals surface area contributed by atoms with E-state index in [1.165, 1.54) is 17.0 Å². The van der Waals surface area contributed by atoms with E-state index >= 15 is 0 Å². The highest BCUT2D eigenvalue weighted by molar-refractivity contribution is 7.09. The first kappa shape index (κ1) is 14.7. The smallest absolute Gasteiger partial charge is 0.0937 e. The summed E-state index contributed by atoms with van der Waals surface area (Å²) in [5.74, 6) is 0. The van der Waals surface area contributed by atoms with Crippen molar-refractivity contribution in [2.75, 3.05) is 19.6 Å². The van der Waals surface area contributed by atoms with E-state index in [2.05, 4.69) is 57.8 Å². The fourth-order valence-electron chi connectivity index (χ4n) is 3.06. The van der Waals surface area contributed by atoms with Crippen LogP contribution >= 0.6 is 11.3 Å². The average Bonchev–Trinajstić information content (AvgIpc) is 3.07. The molecule has 0 radical (unpaired) electrons. The van der Waals surface area contributed by atoms with Gasteiger partial charge in [0.05, 0.1) is 5.01 Å². The quantitative estimate of drug-likeness (QED) is 0.920. The van der Waals surface area contributed by atoms with Gasteiger partial charge in [-0.1, -0.05) is 37.3 Å². The lowest BCUT2D eigenvalue weighted by Gasteiger charge is -2.40. The van der Waals surface area contributed by atoms with Crippen LogP contribution in [0, 0.1) is 0 Å². The van der Waals surface area contributed by atoms with Gasteiger partial charge in [0.25, 0.3) is 0 Å². The van der Waals surface area contributed by atoms with Crippen LogP contribution in [0.4, 0.5) is 0 Å². The number of rotatable bonds is 5. The van der Waals surface area contributed by atoms with Gasteiger partial charge in [0.15, 0.2) is 0 Å². The Hall–Kier alpha value is -1.23. The number of aromatic nitrogens is 1. The molecule has 1 aromatic heterocycles. The van der Waals surface area contributed by atoms with Crippen molar-refractivity contribution in [2.45, 2.75) is 31.8 Å². The molecule has 0 aliphatic carbocycles. The summed E-state index contributed by atoms with van der Waals surface area (Å²) < 4.78 is 0. The number of nitrogens with one attached hydrogen (secondary N) is 1. The molecule has 1 N–H and O–H groups in total. The molecule has 2 heterocycles. The second kappa shape index (κ2) is 7.16. The first-order valence-corrected chi connectivity index (χ1v) is 8.65. The lowest BCUT2D eigenvalue weighted by atomic mass is 10.0. The summed E-state index contributed by atoms with van der Waals surface area (Å²) in [6.45, 7) is 5.56. The van der Waals surface area contributed by atoms with Crippen LogP contribution in [0.1, 0.15) is 30.0 Å². The molecule has 1 aromatic carbocycles. The van der Waals surface area contributed by atoms with Crippen molar-refractivity contribution in [2.24, 2.45) is 0 Å². The maximum atomic E-state index is 4.40. The van der Waals surface area contributed by atoms with E-state index in [0.29, 0.717) is 12.1 Å². The highest BCUT2D eigenvalue weighted by Gasteiger charge is 2.27. The molecule has 2 atom stereocenters. The molecule has 1 fully saturated rings. The van der Waals surface area contributed by atoms with Crippen LogP contribution in [0.25, 0.3) is 0 Å². The van der Waals surface area contributed by atoms with E-state index in [0.717, 1.165) is 26.1 Å². The Morgan fingerprint density at radius 2 is 2.19 bits per heavy atom. The van der Waals surface area contributed by atoms with E-state index in [1.807, 2.05) is 6.20 Å². The van der Waals surface area contributed by atoms with Gasteiger partial charge < -0.3 is 5.32 Å². The Kier molecular flexibility index (Phi) is 5.01. The molecule has 4 heteroatoms. The zero-order valence-electron chi connectivity index (χ0n) is 12.5. The summed E-state index contributed by atoms with van der Waals surface area (Å²) in [7, 11) is 0. The first-order chi connectivity index (χ1) is 10.4. The molecule has 0 spiro atoms. The maximum absolute atomic E-state index is 4.40. The zero-order valence-corrected chi connectivity index (χ0v) is 13.4. The fourth-order valence-corrected chi connectivity index (χ4v) is 3.67. The van der Waals surface area contributed by atoms with Crippen LogP contribution in [0.2, 0.25) is 0 Å². The number of hydrogen-bond donors (Lipinski definition) is 1. The van der Waals surface area contributed by atoms with Gasteiger partial charge in [-0.25, -0.2) is 4.98 Å². The molecule has 112 valence electrons. The number of nitrogens with zero attached hydrogens (tertiary/aromatic N) is 2. The predicted octanol–water partition coefficient (Wildman–Crippen LogP) is 3.11. The third-order valence-electron chi connectivity index (χ3n) is 4.30. The number of thiazole rings is 1. The van der Waals surface area contributed by atoms with Crippen molar-refractivity contribution < 1.29 is 0 Å². The Labute approximate surface area is 131 Å². The first-order valence-electron chi connectivity index (χ1n) is 7.77. The molecule has 1 aliphatic rings. The van der Waals surface area contributed by atoms with Gasteiger partial charge in [0, 0.05) is 49.7 Å². The van der Waals surface area contributed by atoms with E-state index in [1.54, 1.807) is 11.3 Å². The second-order valence-corrected chi connectivity index (χ2v) is 6.58. The average molecular weight is 301 g/mol. The van der Waals surface area contributed by atoms with Gasteiger partial charge in [-0.05, 0) is 12.0 Å². The molecule has 3 rings (SSSR count). The van der Waals surface area contributed by atoms with Crippen molar-refractivity contribution in [1.82, 2.24) is 15.2 Å². The number of piperazine rings is 1. The molecule has 2 aromatic rings. The largest absolute Gasteiger partial charge is 0.307 e.